The second kappa shape index (κ2) is 7.21. The quantitative estimate of drug-likeness (QED) is 0.806. The van der Waals surface area contributed by atoms with Crippen LogP contribution in [0, 0.1) is 0 Å². The van der Waals surface area contributed by atoms with E-state index < -0.39 is 12.1 Å². The number of ether oxygens (including phenoxy) is 2. The molecule has 1 aromatic carbocycles. The first kappa shape index (κ1) is 15.6. The predicted octanol–water partition coefficient (Wildman–Crippen LogP) is 2.65. The van der Waals surface area contributed by atoms with E-state index in [1.54, 1.807) is 12.1 Å². The van der Waals surface area contributed by atoms with Crippen molar-refractivity contribution in [2.75, 3.05) is 14.2 Å². The molecular weight excluding hydrogens is 272 g/mol. The summed E-state index contributed by atoms with van der Waals surface area (Å²) >= 11 is 6.06. The molecule has 0 bridgehead atoms. The second-order valence-corrected chi connectivity index (χ2v) is 4.44. The normalized spacial score (nSPS) is 12.0. The molecule has 0 radical (unpaired) electrons. The van der Waals surface area contributed by atoms with E-state index >= 15 is 0 Å². The van der Waals surface area contributed by atoms with Gasteiger partial charge in [-0.3, -0.25) is 4.79 Å². The van der Waals surface area contributed by atoms with Crippen molar-refractivity contribution in [1.29, 1.82) is 0 Å². The zero-order valence-corrected chi connectivity index (χ0v) is 11.6. The Kier molecular flexibility index (Phi) is 5.92. The van der Waals surface area contributed by atoms with Crippen LogP contribution < -0.4 is 9.47 Å². The van der Waals surface area contributed by atoms with E-state index in [0.717, 1.165) is 0 Å². The number of carbonyl (C=O) groups is 1. The molecule has 0 aliphatic carbocycles. The van der Waals surface area contributed by atoms with Gasteiger partial charge in [0, 0.05) is 18.1 Å². The molecule has 0 saturated carbocycles. The molecule has 0 amide bonds. The summed E-state index contributed by atoms with van der Waals surface area (Å²) in [6.45, 7) is 0. The Labute approximate surface area is 116 Å². The molecule has 1 unspecified atom stereocenters. The molecule has 2 N–H and O–H groups in total. The van der Waals surface area contributed by atoms with Gasteiger partial charge in [-0.1, -0.05) is 11.6 Å². The number of carboxylic acid groups (broad SMARTS) is 1. The lowest BCUT2D eigenvalue weighted by molar-refractivity contribution is -0.137. The SMILES string of the molecule is COc1cc(Cl)c(C(O)CCCC(=O)O)cc1OC. The van der Waals surface area contributed by atoms with Gasteiger partial charge in [-0.05, 0) is 18.9 Å². The highest BCUT2D eigenvalue weighted by atomic mass is 35.5. The monoisotopic (exact) mass is 288 g/mol. The van der Waals surface area contributed by atoms with Crippen LogP contribution in [0.25, 0.3) is 0 Å². The number of methoxy groups -OCH3 is 2. The van der Waals surface area contributed by atoms with Crippen molar-refractivity contribution < 1.29 is 24.5 Å². The molecule has 0 aliphatic rings. The maximum absolute atomic E-state index is 10.4. The van der Waals surface area contributed by atoms with Crippen LogP contribution in [-0.2, 0) is 4.79 Å². The molecule has 0 aromatic heterocycles. The van der Waals surface area contributed by atoms with E-state index in [1.807, 2.05) is 0 Å². The Balaban J connectivity index is 2.84. The molecule has 0 aliphatic heterocycles. The maximum atomic E-state index is 10.4. The lowest BCUT2D eigenvalue weighted by atomic mass is 10.0. The van der Waals surface area contributed by atoms with Gasteiger partial charge in [-0.15, -0.1) is 0 Å². The Morgan fingerprint density at radius 1 is 1.32 bits per heavy atom. The maximum Gasteiger partial charge on any atom is 0.303 e. The number of hydrogen-bond acceptors (Lipinski definition) is 4. The summed E-state index contributed by atoms with van der Waals surface area (Å²) in [5.41, 5.74) is 0.504. The van der Waals surface area contributed by atoms with Gasteiger partial charge in [0.2, 0.25) is 0 Å². The average molecular weight is 289 g/mol. The van der Waals surface area contributed by atoms with Gasteiger partial charge in [0.05, 0.1) is 25.3 Å². The smallest absolute Gasteiger partial charge is 0.303 e. The third-order valence-electron chi connectivity index (χ3n) is 2.73. The van der Waals surface area contributed by atoms with Crippen molar-refractivity contribution in [3.8, 4) is 11.5 Å². The third kappa shape index (κ3) is 4.29. The molecule has 5 nitrogen and oxygen atoms in total. The van der Waals surface area contributed by atoms with Crippen LogP contribution >= 0.6 is 11.6 Å². The van der Waals surface area contributed by atoms with Crippen molar-refractivity contribution >= 4 is 17.6 Å². The molecule has 0 heterocycles. The molecule has 0 saturated heterocycles. The van der Waals surface area contributed by atoms with Crippen molar-refractivity contribution in [2.45, 2.75) is 25.4 Å². The number of rotatable bonds is 7. The van der Waals surface area contributed by atoms with Crippen LogP contribution in [0.5, 0.6) is 11.5 Å². The molecule has 1 aromatic rings. The fraction of sp³-hybridized carbons (Fsp3) is 0.462. The minimum Gasteiger partial charge on any atom is -0.493 e. The van der Waals surface area contributed by atoms with Crippen LogP contribution in [0.1, 0.15) is 30.9 Å². The van der Waals surface area contributed by atoms with Crippen LogP contribution in [0.15, 0.2) is 12.1 Å². The summed E-state index contributed by atoms with van der Waals surface area (Å²) < 4.78 is 10.2. The van der Waals surface area contributed by atoms with Gasteiger partial charge >= 0.3 is 5.97 Å². The Hall–Kier alpha value is -1.46. The van der Waals surface area contributed by atoms with E-state index in [-0.39, 0.29) is 6.42 Å². The number of hydrogen-bond donors (Lipinski definition) is 2. The standard InChI is InChI=1S/C13H17ClO5/c1-18-11-6-8(9(14)7-12(11)19-2)10(15)4-3-5-13(16)17/h6-7,10,15H,3-5H2,1-2H3,(H,16,17). The van der Waals surface area contributed by atoms with Crippen molar-refractivity contribution in [3.63, 3.8) is 0 Å². The van der Waals surface area contributed by atoms with Crippen LogP contribution in [-0.4, -0.2) is 30.4 Å². The largest absolute Gasteiger partial charge is 0.493 e. The van der Waals surface area contributed by atoms with Crippen LogP contribution in [0.2, 0.25) is 5.02 Å². The third-order valence-corrected chi connectivity index (χ3v) is 3.06. The summed E-state index contributed by atoms with van der Waals surface area (Å²) in [5, 5.41) is 18.9. The van der Waals surface area contributed by atoms with Gasteiger partial charge in [0.25, 0.3) is 0 Å². The number of benzene rings is 1. The molecule has 6 heteroatoms. The fourth-order valence-corrected chi connectivity index (χ4v) is 2.01. The number of aliphatic hydroxyl groups is 1. The van der Waals surface area contributed by atoms with E-state index in [2.05, 4.69) is 0 Å². The summed E-state index contributed by atoms with van der Waals surface area (Å²) in [6.07, 6.45) is -0.114. The van der Waals surface area contributed by atoms with E-state index in [9.17, 15) is 9.90 Å². The van der Waals surface area contributed by atoms with E-state index in [0.29, 0.717) is 34.9 Å². The highest BCUT2D eigenvalue weighted by molar-refractivity contribution is 6.31. The average Bonchev–Trinajstić information content (AvgIpc) is 2.37. The molecule has 106 valence electrons. The van der Waals surface area contributed by atoms with Crippen molar-refractivity contribution in [2.24, 2.45) is 0 Å². The summed E-state index contributed by atoms with van der Waals surface area (Å²) in [4.78, 5) is 10.4. The summed E-state index contributed by atoms with van der Waals surface area (Å²) in [7, 11) is 2.99. The number of aliphatic hydroxyl groups excluding tert-OH is 1. The van der Waals surface area contributed by atoms with Gasteiger partial charge in [0.1, 0.15) is 0 Å². The van der Waals surface area contributed by atoms with Gasteiger partial charge in [-0.25, -0.2) is 0 Å². The van der Waals surface area contributed by atoms with Gasteiger partial charge in [-0.2, -0.15) is 0 Å². The van der Waals surface area contributed by atoms with E-state index in [1.165, 1.54) is 14.2 Å². The molecule has 1 atom stereocenters. The molecule has 0 spiro atoms. The summed E-state index contributed by atoms with van der Waals surface area (Å²) in [6, 6.07) is 3.17. The lowest BCUT2D eigenvalue weighted by Crippen LogP contribution is -2.02. The van der Waals surface area contributed by atoms with Crippen molar-refractivity contribution in [1.82, 2.24) is 0 Å². The van der Waals surface area contributed by atoms with Crippen LogP contribution in [0.4, 0.5) is 0 Å². The molecule has 0 fully saturated rings. The number of halogens is 1. The Morgan fingerprint density at radius 2 is 1.89 bits per heavy atom. The Bertz CT molecular complexity index is 447. The highest BCUT2D eigenvalue weighted by Gasteiger charge is 2.16. The second-order valence-electron chi connectivity index (χ2n) is 4.03. The zero-order chi connectivity index (χ0) is 14.4. The van der Waals surface area contributed by atoms with Crippen LogP contribution in [0.3, 0.4) is 0 Å². The first-order valence-electron chi connectivity index (χ1n) is 5.80. The molecule has 19 heavy (non-hydrogen) atoms. The van der Waals surface area contributed by atoms with Gasteiger partial charge in [0.15, 0.2) is 11.5 Å². The topological polar surface area (TPSA) is 76.0 Å². The molecular formula is C13H17ClO5. The zero-order valence-electron chi connectivity index (χ0n) is 10.9. The number of aliphatic carboxylic acids is 1. The highest BCUT2D eigenvalue weighted by Crippen LogP contribution is 2.37. The van der Waals surface area contributed by atoms with Crippen molar-refractivity contribution in [3.05, 3.63) is 22.7 Å². The lowest BCUT2D eigenvalue weighted by Gasteiger charge is -2.15. The molecule has 1 rings (SSSR count). The predicted molar refractivity (Wildman–Crippen MR) is 71.0 cm³/mol. The van der Waals surface area contributed by atoms with Gasteiger partial charge < -0.3 is 19.7 Å². The van der Waals surface area contributed by atoms with E-state index in [4.69, 9.17) is 26.2 Å². The number of carboxylic acids is 1. The Morgan fingerprint density at radius 3 is 2.42 bits per heavy atom. The fourth-order valence-electron chi connectivity index (χ4n) is 1.73. The first-order chi connectivity index (χ1) is 8.99. The minimum absolute atomic E-state index is 0.0158. The summed E-state index contributed by atoms with van der Waals surface area (Å²) in [5.74, 6) is 0.0683. The minimum atomic E-state index is -0.884. The first-order valence-corrected chi connectivity index (χ1v) is 6.18.